The Morgan fingerprint density at radius 1 is 1.41 bits per heavy atom. The van der Waals surface area contributed by atoms with Gasteiger partial charge in [-0.05, 0) is 13.8 Å². The second-order valence-electron chi connectivity index (χ2n) is 5.34. The van der Waals surface area contributed by atoms with Crippen molar-refractivity contribution in [2.24, 2.45) is 5.92 Å². The summed E-state index contributed by atoms with van der Waals surface area (Å²) in [6.07, 6.45) is 0.237. The van der Waals surface area contributed by atoms with Gasteiger partial charge in [-0.2, -0.15) is 0 Å². The molecule has 0 spiro atoms. The van der Waals surface area contributed by atoms with Gasteiger partial charge in [0.25, 0.3) is 0 Å². The quantitative estimate of drug-likeness (QED) is 0.758. The summed E-state index contributed by atoms with van der Waals surface area (Å²) < 4.78 is 5.73. The second-order valence-corrected chi connectivity index (χ2v) is 5.34. The highest BCUT2D eigenvalue weighted by Gasteiger charge is 2.34. The number of hydrogen-bond acceptors (Lipinski definition) is 4. The molecule has 0 radical (unpaired) electrons. The molecule has 0 amide bonds. The smallest absolute Gasteiger partial charge is 0.309 e. The lowest BCUT2D eigenvalue weighted by Gasteiger charge is -2.42. The van der Waals surface area contributed by atoms with Gasteiger partial charge in [-0.3, -0.25) is 14.6 Å². The number of carbonyl (C=O) groups is 1. The molecule has 0 saturated carbocycles. The maximum absolute atomic E-state index is 10.7. The predicted octanol–water partition coefficient (Wildman–Crippen LogP) is 0.112. The van der Waals surface area contributed by atoms with Crippen molar-refractivity contribution >= 4 is 5.97 Å². The zero-order chi connectivity index (χ0) is 12.4. The first-order chi connectivity index (χ1) is 8.06. The molecule has 2 heterocycles. The van der Waals surface area contributed by atoms with Crippen molar-refractivity contribution in [1.29, 1.82) is 0 Å². The van der Waals surface area contributed by atoms with E-state index in [4.69, 9.17) is 9.84 Å². The van der Waals surface area contributed by atoms with Crippen LogP contribution in [0.1, 0.15) is 13.8 Å². The topological polar surface area (TPSA) is 53.0 Å². The van der Waals surface area contributed by atoms with E-state index in [1.54, 1.807) is 0 Å². The molecule has 17 heavy (non-hydrogen) atoms. The van der Waals surface area contributed by atoms with Gasteiger partial charge in [-0.25, -0.2) is 0 Å². The largest absolute Gasteiger partial charge is 0.481 e. The molecule has 5 nitrogen and oxygen atoms in total. The van der Waals surface area contributed by atoms with Gasteiger partial charge in [0.15, 0.2) is 0 Å². The maximum atomic E-state index is 10.7. The Kier molecular flexibility index (Phi) is 4.01. The third-order valence-corrected chi connectivity index (χ3v) is 3.67. The standard InChI is InChI=1S/C12H22N2O3/c1-9(2)14-3-4-17-11(8-14)7-13-5-10(6-13)12(15)16/h9-11H,3-8H2,1-2H3,(H,15,16). The summed E-state index contributed by atoms with van der Waals surface area (Å²) in [5.74, 6) is -0.839. The predicted molar refractivity (Wildman–Crippen MR) is 64.0 cm³/mol. The number of carboxylic acid groups (broad SMARTS) is 1. The summed E-state index contributed by atoms with van der Waals surface area (Å²) in [5, 5.41) is 8.81. The Morgan fingerprint density at radius 3 is 2.71 bits per heavy atom. The van der Waals surface area contributed by atoms with E-state index in [1.165, 1.54) is 0 Å². The molecule has 0 aliphatic carbocycles. The number of nitrogens with zero attached hydrogens (tertiary/aromatic N) is 2. The Bertz CT molecular complexity index is 277. The van der Waals surface area contributed by atoms with Gasteiger partial charge in [0, 0.05) is 38.8 Å². The highest BCUT2D eigenvalue weighted by molar-refractivity contribution is 5.71. The van der Waals surface area contributed by atoms with Gasteiger partial charge in [0.05, 0.1) is 18.6 Å². The Morgan fingerprint density at radius 2 is 2.12 bits per heavy atom. The van der Waals surface area contributed by atoms with E-state index < -0.39 is 5.97 Å². The van der Waals surface area contributed by atoms with Gasteiger partial charge in [0.1, 0.15) is 0 Å². The summed E-state index contributed by atoms with van der Waals surface area (Å²) in [5.41, 5.74) is 0. The number of likely N-dealkylation sites (tertiary alicyclic amines) is 1. The molecule has 1 atom stereocenters. The Labute approximate surface area is 102 Å². The molecule has 2 fully saturated rings. The molecule has 2 aliphatic rings. The lowest BCUT2D eigenvalue weighted by atomic mass is 10.00. The van der Waals surface area contributed by atoms with Crippen LogP contribution in [0.25, 0.3) is 0 Å². The number of hydrogen-bond donors (Lipinski definition) is 1. The van der Waals surface area contributed by atoms with E-state index in [0.29, 0.717) is 19.1 Å². The third kappa shape index (κ3) is 3.18. The minimum Gasteiger partial charge on any atom is -0.481 e. The van der Waals surface area contributed by atoms with Gasteiger partial charge in [-0.15, -0.1) is 0 Å². The minimum absolute atomic E-state index is 0.167. The summed E-state index contributed by atoms with van der Waals surface area (Å²) >= 11 is 0. The molecular formula is C12H22N2O3. The Hall–Kier alpha value is -0.650. The van der Waals surface area contributed by atoms with Gasteiger partial charge in [0.2, 0.25) is 0 Å². The van der Waals surface area contributed by atoms with E-state index >= 15 is 0 Å². The first-order valence-corrected chi connectivity index (χ1v) is 6.37. The van der Waals surface area contributed by atoms with Gasteiger partial charge < -0.3 is 9.84 Å². The lowest BCUT2D eigenvalue weighted by Crippen LogP contribution is -2.56. The van der Waals surface area contributed by atoms with Crippen molar-refractivity contribution in [3.05, 3.63) is 0 Å². The fourth-order valence-corrected chi connectivity index (χ4v) is 2.48. The molecule has 2 rings (SSSR count). The first kappa shape index (κ1) is 12.8. The van der Waals surface area contributed by atoms with Crippen molar-refractivity contribution in [2.75, 3.05) is 39.3 Å². The van der Waals surface area contributed by atoms with Crippen LogP contribution in [0.4, 0.5) is 0 Å². The highest BCUT2D eigenvalue weighted by atomic mass is 16.5. The lowest BCUT2D eigenvalue weighted by molar-refractivity contribution is -0.149. The highest BCUT2D eigenvalue weighted by Crippen LogP contribution is 2.18. The van der Waals surface area contributed by atoms with Crippen LogP contribution in [0.2, 0.25) is 0 Å². The number of ether oxygens (including phenoxy) is 1. The summed E-state index contributed by atoms with van der Waals surface area (Å²) in [4.78, 5) is 15.3. The molecule has 0 aromatic carbocycles. The second kappa shape index (κ2) is 5.33. The fraction of sp³-hybridized carbons (Fsp3) is 0.917. The van der Waals surface area contributed by atoms with Crippen LogP contribution in [-0.4, -0.2) is 72.4 Å². The average molecular weight is 242 g/mol. The molecule has 98 valence electrons. The molecule has 0 aromatic rings. The van der Waals surface area contributed by atoms with E-state index in [2.05, 4.69) is 23.6 Å². The zero-order valence-electron chi connectivity index (χ0n) is 10.6. The van der Waals surface area contributed by atoms with Crippen molar-refractivity contribution < 1.29 is 14.6 Å². The average Bonchev–Trinajstić information content (AvgIpc) is 2.22. The summed E-state index contributed by atoms with van der Waals surface area (Å²) in [7, 11) is 0. The van der Waals surface area contributed by atoms with E-state index in [9.17, 15) is 4.79 Å². The number of rotatable bonds is 4. The molecule has 1 N–H and O–H groups in total. The number of aliphatic carboxylic acids is 1. The SMILES string of the molecule is CC(C)N1CCOC(CN2CC(C(=O)O)C2)C1. The van der Waals surface area contributed by atoms with E-state index in [1.807, 2.05) is 0 Å². The van der Waals surface area contributed by atoms with Crippen molar-refractivity contribution in [3.63, 3.8) is 0 Å². The van der Waals surface area contributed by atoms with E-state index in [0.717, 1.165) is 26.2 Å². The summed E-state index contributed by atoms with van der Waals surface area (Å²) in [6, 6.07) is 0.560. The summed E-state index contributed by atoms with van der Waals surface area (Å²) in [6.45, 7) is 9.39. The monoisotopic (exact) mass is 242 g/mol. The molecule has 2 aliphatic heterocycles. The normalized spacial score (nSPS) is 28.3. The van der Waals surface area contributed by atoms with Gasteiger partial charge >= 0.3 is 5.97 Å². The molecule has 0 bridgehead atoms. The third-order valence-electron chi connectivity index (χ3n) is 3.67. The van der Waals surface area contributed by atoms with Crippen LogP contribution >= 0.6 is 0 Å². The van der Waals surface area contributed by atoms with Crippen LogP contribution in [0.5, 0.6) is 0 Å². The van der Waals surface area contributed by atoms with Crippen molar-refractivity contribution in [1.82, 2.24) is 9.80 Å². The van der Waals surface area contributed by atoms with Crippen LogP contribution in [-0.2, 0) is 9.53 Å². The van der Waals surface area contributed by atoms with E-state index in [-0.39, 0.29) is 12.0 Å². The number of carboxylic acids is 1. The minimum atomic E-state index is -0.672. The van der Waals surface area contributed by atoms with Crippen LogP contribution in [0, 0.1) is 5.92 Å². The van der Waals surface area contributed by atoms with Crippen molar-refractivity contribution in [3.8, 4) is 0 Å². The molecule has 0 aromatic heterocycles. The molecule has 5 heteroatoms. The maximum Gasteiger partial charge on any atom is 0.309 e. The van der Waals surface area contributed by atoms with Crippen LogP contribution in [0.3, 0.4) is 0 Å². The first-order valence-electron chi connectivity index (χ1n) is 6.37. The van der Waals surface area contributed by atoms with Crippen molar-refractivity contribution in [2.45, 2.75) is 26.0 Å². The van der Waals surface area contributed by atoms with Crippen LogP contribution < -0.4 is 0 Å². The molecule has 2 saturated heterocycles. The zero-order valence-corrected chi connectivity index (χ0v) is 10.6. The van der Waals surface area contributed by atoms with Gasteiger partial charge in [-0.1, -0.05) is 0 Å². The molecular weight excluding hydrogens is 220 g/mol. The Balaban J connectivity index is 1.71. The fourth-order valence-electron chi connectivity index (χ4n) is 2.48. The number of morpholine rings is 1. The van der Waals surface area contributed by atoms with Crippen LogP contribution in [0.15, 0.2) is 0 Å². The molecule has 1 unspecified atom stereocenters.